The van der Waals surface area contributed by atoms with Gasteiger partial charge in [-0.2, -0.15) is 0 Å². The van der Waals surface area contributed by atoms with E-state index >= 15 is 0 Å². The molecule has 1 aromatic carbocycles. The Hall–Kier alpha value is -1.01. The number of nitrogens with two attached hydrogens (primary N) is 1. The van der Waals surface area contributed by atoms with Crippen LogP contribution in [-0.4, -0.2) is 25.7 Å². The van der Waals surface area contributed by atoms with Crippen molar-refractivity contribution in [1.82, 2.24) is 5.43 Å². The molecule has 7 heteroatoms. The van der Waals surface area contributed by atoms with Crippen molar-refractivity contribution in [3.8, 4) is 0 Å². The van der Waals surface area contributed by atoms with Crippen LogP contribution in [0.4, 0.5) is 5.69 Å². The van der Waals surface area contributed by atoms with E-state index in [9.17, 15) is 0 Å². The van der Waals surface area contributed by atoms with Gasteiger partial charge >= 0.3 is 0 Å². The lowest BCUT2D eigenvalue weighted by molar-refractivity contribution is 0.185. The Bertz CT molecular complexity index is 426. The molecule has 5 nitrogen and oxygen atoms in total. The summed E-state index contributed by atoms with van der Waals surface area (Å²) in [6, 6.07) is 5.08. The van der Waals surface area contributed by atoms with Crippen LogP contribution in [0.2, 0.25) is 10.0 Å². The first-order valence-corrected chi connectivity index (χ1v) is 6.07. The molecule has 0 fully saturated rings. The van der Waals surface area contributed by atoms with Crippen LogP contribution in [0.5, 0.6) is 0 Å². The number of rotatable bonds is 4. The van der Waals surface area contributed by atoms with Crippen molar-refractivity contribution in [2.75, 3.05) is 19.0 Å². The number of halogens is 2. The summed E-state index contributed by atoms with van der Waals surface area (Å²) < 4.78 is 4.99. The zero-order chi connectivity index (χ0) is 13.5. The number of methoxy groups -OCH3 is 1. The summed E-state index contributed by atoms with van der Waals surface area (Å²) >= 11 is 11.8. The minimum atomic E-state index is -0.0281. The Morgan fingerprint density at radius 2 is 2.22 bits per heavy atom. The number of ether oxygens (including phenoxy) is 1. The maximum atomic E-state index is 6.03. The minimum Gasteiger partial charge on any atom is -0.382 e. The van der Waals surface area contributed by atoms with Gasteiger partial charge in [-0.1, -0.05) is 23.2 Å². The van der Waals surface area contributed by atoms with Crippen molar-refractivity contribution in [2.45, 2.75) is 13.0 Å². The van der Waals surface area contributed by atoms with Gasteiger partial charge in [0.1, 0.15) is 0 Å². The predicted molar refractivity (Wildman–Crippen MR) is 76.2 cm³/mol. The Kier molecular flexibility index (Phi) is 6.21. The van der Waals surface area contributed by atoms with E-state index < -0.39 is 0 Å². The fourth-order valence-corrected chi connectivity index (χ4v) is 1.78. The molecular weight excluding hydrogens is 275 g/mol. The summed E-state index contributed by atoms with van der Waals surface area (Å²) in [7, 11) is 1.62. The highest BCUT2D eigenvalue weighted by Gasteiger charge is 2.06. The molecule has 18 heavy (non-hydrogen) atoms. The zero-order valence-electron chi connectivity index (χ0n) is 10.2. The Labute approximate surface area is 116 Å². The van der Waals surface area contributed by atoms with Crippen LogP contribution in [0.3, 0.4) is 0 Å². The van der Waals surface area contributed by atoms with E-state index in [0.717, 1.165) is 0 Å². The summed E-state index contributed by atoms with van der Waals surface area (Å²) in [6.45, 7) is 2.41. The van der Waals surface area contributed by atoms with Crippen molar-refractivity contribution in [3.05, 3.63) is 28.2 Å². The van der Waals surface area contributed by atoms with Crippen LogP contribution in [0.15, 0.2) is 23.2 Å². The topological polar surface area (TPSA) is 71.7 Å². The Morgan fingerprint density at radius 3 is 2.78 bits per heavy atom. The van der Waals surface area contributed by atoms with Gasteiger partial charge in [0.2, 0.25) is 5.96 Å². The van der Waals surface area contributed by atoms with Gasteiger partial charge in [0, 0.05) is 12.1 Å². The van der Waals surface area contributed by atoms with Crippen LogP contribution in [-0.2, 0) is 4.74 Å². The number of aliphatic imine (C=N–C) groups is 1. The van der Waals surface area contributed by atoms with Gasteiger partial charge < -0.3 is 10.1 Å². The Morgan fingerprint density at radius 1 is 1.50 bits per heavy atom. The molecule has 0 heterocycles. The number of hydrazine groups is 1. The highest BCUT2D eigenvalue weighted by atomic mass is 35.5. The highest BCUT2D eigenvalue weighted by Crippen LogP contribution is 2.25. The summed E-state index contributed by atoms with van der Waals surface area (Å²) in [5, 5.41) is 4.04. The maximum absolute atomic E-state index is 6.03. The zero-order valence-corrected chi connectivity index (χ0v) is 11.7. The fourth-order valence-electron chi connectivity index (χ4n) is 1.32. The lowest BCUT2D eigenvalue weighted by atomic mass is 10.3. The number of nitrogens with one attached hydrogen (secondary N) is 2. The van der Waals surface area contributed by atoms with E-state index in [1.165, 1.54) is 0 Å². The van der Waals surface area contributed by atoms with E-state index in [0.29, 0.717) is 28.3 Å². The van der Waals surface area contributed by atoms with Gasteiger partial charge in [0.05, 0.1) is 23.4 Å². The second-order valence-electron chi connectivity index (χ2n) is 3.68. The molecular formula is C11H16Cl2N4O. The van der Waals surface area contributed by atoms with Crippen molar-refractivity contribution >= 4 is 34.8 Å². The largest absolute Gasteiger partial charge is 0.382 e. The van der Waals surface area contributed by atoms with Gasteiger partial charge in [0.15, 0.2) is 0 Å². The van der Waals surface area contributed by atoms with Gasteiger partial charge in [0.25, 0.3) is 0 Å². The van der Waals surface area contributed by atoms with E-state index in [4.69, 9.17) is 33.8 Å². The molecule has 100 valence electrons. The second-order valence-corrected chi connectivity index (χ2v) is 4.52. The molecule has 0 aromatic heterocycles. The van der Waals surface area contributed by atoms with E-state index in [1.807, 2.05) is 6.92 Å². The normalized spacial score (nSPS) is 13.3. The number of nitrogens with zero attached hydrogens (tertiary/aromatic N) is 1. The summed E-state index contributed by atoms with van der Waals surface area (Å²) in [5.74, 6) is 5.80. The second kappa shape index (κ2) is 7.43. The lowest BCUT2D eigenvalue weighted by Crippen LogP contribution is -2.37. The number of benzene rings is 1. The van der Waals surface area contributed by atoms with Crippen LogP contribution in [0.25, 0.3) is 0 Å². The van der Waals surface area contributed by atoms with Gasteiger partial charge in [-0.25, -0.2) is 10.8 Å². The number of hydrogen-bond donors (Lipinski definition) is 3. The predicted octanol–water partition coefficient (Wildman–Crippen LogP) is 2.26. The molecule has 0 amide bonds. The van der Waals surface area contributed by atoms with E-state index in [1.54, 1.807) is 25.3 Å². The smallest absolute Gasteiger partial charge is 0.210 e. The van der Waals surface area contributed by atoms with Gasteiger partial charge in [-0.3, -0.25) is 5.43 Å². The first-order valence-electron chi connectivity index (χ1n) is 5.32. The molecule has 1 aromatic rings. The molecule has 0 aliphatic heterocycles. The van der Waals surface area contributed by atoms with Crippen molar-refractivity contribution in [3.63, 3.8) is 0 Å². The SMILES string of the molecule is COCC(C)N=C(NN)Nc1ccc(Cl)cc1Cl. The molecule has 0 bridgehead atoms. The van der Waals surface area contributed by atoms with Crippen LogP contribution in [0, 0.1) is 0 Å². The molecule has 0 saturated carbocycles. The number of hydrogen-bond acceptors (Lipinski definition) is 3. The average Bonchev–Trinajstić information content (AvgIpc) is 2.31. The summed E-state index contributed by atoms with van der Waals surface area (Å²) in [6.07, 6.45) is 0. The third-order valence-corrected chi connectivity index (χ3v) is 2.63. The third kappa shape index (κ3) is 4.70. The van der Waals surface area contributed by atoms with Crippen LogP contribution in [0.1, 0.15) is 6.92 Å². The summed E-state index contributed by atoms with van der Waals surface area (Å²) in [5.41, 5.74) is 3.14. The molecule has 0 aliphatic rings. The highest BCUT2D eigenvalue weighted by molar-refractivity contribution is 6.36. The van der Waals surface area contributed by atoms with Crippen molar-refractivity contribution < 1.29 is 4.74 Å². The molecule has 0 radical (unpaired) electrons. The molecule has 1 atom stereocenters. The van der Waals surface area contributed by atoms with Crippen LogP contribution >= 0.6 is 23.2 Å². The number of guanidine groups is 1. The molecule has 4 N–H and O–H groups in total. The van der Waals surface area contributed by atoms with Gasteiger partial charge in [-0.05, 0) is 25.1 Å². The van der Waals surface area contributed by atoms with E-state index in [2.05, 4.69) is 15.7 Å². The van der Waals surface area contributed by atoms with E-state index in [-0.39, 0.29) is 6.04 Å². The maximum Gasteiger partial charge on any atom is 0.210 e. The van der Waals surface area contributed by atoms with Crippen molar-refractivity contribution in [1.29, 1.82) is 0 Å². The molecule has 0 spiro atoms. The first-order chi connectivity index (χ1) is 8.56. The fraction of sp³-hybridized carbons (Fsp3) is 0.364. The molecule has 1 rings (SSSR count). The number of anilines is 1. The third-order valence-electron chi connectivity index (χ3n) is 2.08. The quantitative estimate of drug-likeness (QED) is 0.344. The monoisotopic (exact) mass is 290 g/mol. The summed E-state index contributed by atoms with van der Waals surface area (Å²) in [4.78, 5) is 4.30. The standard InChI is InChI=1S/C11H16Cl2N4O/c1-7(6-18-2)15-11(17-14)16-10-4-3-8(12)5-9(10)13/h3-5,7H,6,14H2,1-2H3,(H2,15,16,17). The Balaban J connectivity index is 2.79. The lowest BCUT2D eigenvalue weighted by Gasteiger charge is -2.13. The molecule has 1 unspecified atom stereocenters. The molecule has 0 aliphatic carbocycles. The minimum absolute atomic E-state index is 0.0281. The van der Waals surface area contributed by atoms with Gasteiger partial charge in [-0.15, -0.1) is 0 Å². The first kappa shape index (κ1) is 15.0. The average molecular weight is 291 g/mol. The van der Waals surface area contributed by atoms with Crippen LogP contribution < -0.4 is 16.6 Å². The van der Waals surface area contributed by atoms with Crippen molar-refractivity contribution in [2.24, 2.45) is 10.8 Å². The molecule has 0 saturated heterocycles.